The summed E-state index contributed by atoms with van der Waals surface area (Å²) in [6.45, 7) is 4.72. The van der Waals surface area contributed by atoms with E-state index in [1.54, 1.807) is 10.9 Å². The Bertz CT molecular complexity index is 372. The fourth-order valence-electron chi connectivity index (χ4n) is 2.58. The van der Waals surface area contributed by atoms with Gasteiger partial charge in [-0.2, -0.15) is 5.10 Å². The van der Waals surface area contributed by atoms with Crippen LogP contribution in [0.2, 0.25) is 0 Å². The fraction of sp³-hybridized carbons (Fsp3) is 0.769. The summed E-state index contributed by atoms with van der Waals surface area (Å²) in [6, 6.07) is 0.554. The van der Waals surface area contributed by atoms with E-state index in [1.807, 2.05) is 20.2 Å². The topological polar surface area (TPSA) is 50.1 Å². The molecule has 0 radical (unpaired) electrons. The number of nitrogens with zero attached hydrogens (tertiary/aromatic N) is 2. The lowest BCUT2D eigenvalue weighted by atomic mass is 9.98. The first-order chi connectivity index (χ1) is 7.99. The summed E-state index contributed by atoms with van der Waals surface area (Å²) >= 11 is 0. The SMILES string of the molecule is CC1CCCC1NCC(C)(O)c1cnn(C)c1. The lowest BCUT2D eigenvalue weighted by Gasteiger charge is -2.26. The van der Waals surface area contributed by atoms with E-state index >= 15 is 0 Å². The van der Waals surface area contributed by atoms with Gasteiger partial charge >= 0.3 is 0 Å². The molecule has 1 aromatic rings. The van der Waals surface area contributed by atoms with Crippen molar-refractivity contribution < 1.29 is 5.11 Å². The molecular weight excluding hydrogens is 214 g/mol. The van der Waals surface area contributed by atoms with Gasteiger partial charge in [0.05, 0.1) is 6.20 Å². The first kappa shape index (κ1) is 12.6. The van der Waals surface area contributed by atoms with Gasteiger partial charge in [-0.1, -0.05) is 13.3 Å². The molecule has 1 aliphatic carbocycles. The highest BCUT2D eigenvalue weighted by Gasteiger charge is 2.28. The highest BCUT2D eigenvalue weighted by atomic mass is 16.3. The van der Waals surface area contributed by atoms with Gasteiger partial charge in [0.15, 0.2) is 0 Å². The van der Waals surface area contributed by atoms with Crippen LogP contribution in [0.25, 0.3) is 0 Å². The molecule has 0 aromatic carbocycles. The van der Waals surface area contributed by atoms with Gasteiger partial charge in [-0.15, -0.1) is 0 Å². The average molecular weight is 237 g/mol. The van der Waals surface area contributed by atoms with E-state index in [4.69, 9.17) is 0 Å². The molecule has 1 heterocycles. The Morgan fingerprint density at radius 1 is 1.59 bits per heavy atom. The Morgan fingerprint density at radius 2 is 2.35 bits per heavy atom. The second-order valence-electron chi connectivity index (χ2n) is 5.57. The third-order valence-electron chi connectivity index (χ3n) is 3.90. The minimum atomic E-state index is -0.837. The maximum absolute atomic E-state index is 10.4. The lowest BCUT2D eigenvalue weighted by Crippen LogP contribution is -2.41. The smallest absolute Gasteiger partial charge is 0.102 e. The van der Waals surface area contributed by atoms with Crippen molar-refractivity contribution in [1.29, 1.82) is 0 Å². The van der Waals surface area contributed by atoms with Crippen LogP contribution in [0, 0.1) is 5.92 Å². The van der Waals surface area contributed by atoms with Crippen molar-refractivity contribution in [3.63, 3.8) is 0 Å². The monoisotopic (exact) mass is 237 g/mol. The molecule has 17 heavy (non-hydrogen) atoms. The van der Waals surface area contributed by atoms with Crippen LogP contribution in [-0.4, -0.2) is 27.5 Å². The zero-order valence-electron chi connectivity index (χ0n) is 11.0. The van der Waals surface area contributed by atoms with E-state index in [-0.39, 0.29) is 0 Å². The predicted molar refractivity (Wildman–Crippen MR) is 67.6 cm³/mol. The lowest BCUT2D eigenvalue weighted by molar-refractivity contribution is 0.0525. The normalized spacial score (nSPS) is 28.2. The molecule has 0 amide bonds. The molecule has 0 spiro atoms. The summed E-state index contributed by atoms with van der Waals surface area (Å²) in [6.07, 6.45) is 7.43. The highest BCUT2D eigenvalue weighted by molar-refractivity contribution is 5.14. The van der Waals surface area contributed by atoms with E-state index < -0.39 is 5.60 Å². The first-order valence-corrected chi connectivity index (χ1v) is 6.44. The van der Waals surface area contributed by atoms with Gasteiger partial charge in [-0.25, -0.2) is 0 Å². The molecule has 0 bridgehead atoms. The molecule has 96 valence electrons. The second-order valence-corrected chi connectivity index (χ2v) is 5.57. The molecular formula is C13H23N3O. The second kappa shape index (κ2) is 4.78. The summed E-state index contributed by atoms with van der Waals surface area (Å²) in [5, 5.41) is 18.0. The third-order valence-corrected chi connectivity index (χ3v) is 3.90. The van der Waals surface area contributed by atoms with Crippen molar-refractivity contribution in [1.82, 2.24) is 15.1 Å². The van der Waals surface area contributed by atoms with Gasteiger partial charge in [0.1, 0.15) is 5.60 Å². The summed E-state index contributed by atoms with van der Waals surface area (Å²) in [5.41, 5.74) is 0.0366. The molecule has 2 N–H and O–H groups in total. The number of nitrogens with one attached hydrogen (secondary N) is 1. The Morgan fingerprint density at radius 3 is 2.88 bits per heavy atom. The van der Waals surface area contributed by atoms with Crippen LogP contribution in [0.15, 0.2) is 12.4 Å². The van der Waals surface area contributed by atoms with Crippen LogP contribution in [0.4, 0.5) is 0 Å². The number of hydrogen-bond donors (Lipinski definition) is 2. The molecule has 3 atom stereocenters. The van der Waals surface area contributed by atoms with Crippen LogP contribution in [0.1, 0.15) is 38.7 Å². The Balaban J connectivity index is 1.93. The van der Waals surface area contributed by atoms with E-state index in [0.29, 0.717) is 12.6 Å². The maximum Gasteiger partial charge on any atom is 0.102 e. The largest absolute Gasteiger partial charge is 0.384 e. The number of aromatic nitrogens is 2. The van der Waals surface area contributed by atoms with Gasteiger partial charge in [0, 0.05) is 31.4 Å². The molecule has 4 heteroatoms. The quantitative estimate of drug-likeness (QED) is 0.832. The molecule has 0 saturated heterocycles. The zero-order valence-corrected chi connectivity index (χ0v) is 11.0. The number of rotatable bonds is 4. The van der Waals surface area contributed by atoms with Crippen molar-refractivity contribution in [3.8, 4) is 0 Å². The molecule has 4 nitrogen and oxygen atoms in total. The minimum Gasteiger partial charge on any atom is -0.384 e. The van der Waals surface area contributed by atoms with Crippen LogP contribution in [-0.2, 0) is 12.6 Å². The molecule has 3 unspecified atom stereocenters. The summed E-state index contributed by atoms with van der Waals surface area (Å²) < 4.78 is 1.72. The number of aliphatic hydroxyl groups is 1. The van der Waals surface area contributed by atoms with Crippen molar-refractivity contribution in [2.45, 2.75) is 44.8 Å². The van der Waals surface area contributed by atoms with E-state index in [2.05, 4.69) is 17.3 Å². The van der Waals surface area contributed by atoms with Crippen molar-refractivity contribution in [2.75, 3.05) is 6.54 Å². The zero-order chi connectivity index (χ0) is 12.5. The summed E-state index contributed by atoms with van der Waals surface area (Å²) in [4.78, 5) is 0. The van der Waals surface area contributed by atoms with Gasteiger partial charge in [0.25, 0.3) is 0 Å². The van der Waals surface area contributed by atoms with Crippen LogP contribution < -0.4 is 5.32 Å². The van der Waals surface area contributed by atoms with E-state index in [0.717, 1.165) is 11.5 Å². The molecule has 1 saturated carbocycles. The van der Waals surface area contributed by atoms with Gasteiger partial charge in [-0.3, -0.25) is 4.68 Å². The summed E-state index contributed by atoms with van der Waals surface area (Å²) in [7, 11) is 1.87. The maximum atomic E-state index is 10.4. The average Bonchev–Trinajstić information content (AvgIpc) is 2.85. The first-order valence-electron chi connectivity index (χ1n) is 6.44. The van der Waals surface area contributed by atoms with Crippen molar-refractivity contribution >= 4 is 0 Å². The van der Waals surface area contributed by atoms with Gasteiger partial charge in [-0.05, 0) is 25.7 Å². The van der Waals surface area contributed by atoms with Gasteiger partial charge < -0.3 is 10.4 Å². The molecule has 0 aliphatic heterocycles. The Labute approximate surface area is 103 Å². The Kier molecular flexibility index (Phi) is 3.54. The molecule has 1 aliphatic rings. The standard InChI is InChI=1S/C13H23N3O/c1-10-5-4-6-12(10)14-9-13(2,17)11-7-15-16(3)8-11/h7-8,10,12,14,17H,4-6,9H2,1-3H3. The van der Waals surface area contributed by atoms with E-state index in [9.17, 15) is 5.11 Å². The number of hydrogen-bond acceptors (Lipinski definition) is 3. The number of aryl methyl sites for hydroxylation is 1. The third kappa shape index (κ3) is 2.87. The van der Waals surface area contributed by atoms with Crippen LogP contribution >= 0.6 is 0 Å². The molecule has 2 rings (SSSR count). The predicted octanol–water partition coefficient (Wildman–Crippen LogP) is 1.41. The molecule has 1 fully saturated rings. The van der Waals surface area contributed by atoms with E-state index in [1.165, 1.54) is 19.3 Å². The van der Waals surface area contributed by atoms with Crippen molar-refractivity contribution in [2.24, 2.45) is 13.0 Å². The fourth-order valence-corrected chi connectivity index (χ4v) is 2.58. The van der Waals surface area contributed by atoms with Crippen molar-refractivity contribution in [3.05, 3.63) is 18.0 Å². The molecule has 1 aromatic heterocycles. The van der Waals surface area contributed by atoms with Crippen LogP contribution in [0.5, 0.6) is 0 Å². The minimum absolute atomic E-state index is 0.554. The Hall–Kier alpha value is -0.870. The highest BCUT2D eigenvalue weighted by Crippen LogP contribution is 2.26. The van der Waals surface area contributed by atoms with Gasteiger partial charge in [0.2, 0.25) is 0 Å². The summed E-state index contributed by atoms with van der Waals surface area (Å²) in [5.74, 6) is 0.722. The van der Waals surface area contributed by atoms with Crippen LogP contribution in [0.3, 0.4) is 0 Å².